The fourth-order valence-electron chi connectivity index (χ4n) is 8.27. The van der Waals surface area contributed by atoms with E-state index < -0.39 is 0 Å². The summed E-state index contributed by atoms with van der Waals surface area (Å²) in [6.45, 7) is 0. The summed E-state index contributed by atoms with van der Waals surface area (Å²) in [5, 5.41) is 6.29. The number of aromatic nitrogens is 3. The second-order valence-electron chi connectivity index (χ2n) is 14.3. The van der Waals surface area contributed by atoms with Crippen LogP contribution in [-0.4, -0.2) is 15.0 Å². The first kappa shape index (κ1) is 31.5. The first-order valence-electron chi connectivity index (χ1n) is 18.9. The summed E-state index contributed by atoms with van der Waals surface area (Å²) in [4.78, 5) is 15.4. The number of para-hydroxylation sites is 3. The van der Waals surface area contributed by atoms with E-state index in [9.17, 15) is 0 Å². The first-order chi connectivity index (χ1) is 28.2. The number of rotatable bonds is 5. The largest absolute Gasteiger partial charge is 0.456 e. The monoisotopic (exact) mass is 731 g/mol. The standard InChI is InChI=1S/C51H29N3O3/c1-4-17-41-36(12-1)40-29-34(26-27-44(40)55-41)50-52-49(53-51(54-50)39-16-9-21-46-48(39)38-14-3-6-19-43(38)57-46)31-24-22-30(23-25-31)32-10-7-11-33(28-32)35-15-8-20-45-47(35)37-13-2-5-18-42(37)56-45/h1-29H. The quantitative estimate of drug-likeness (QED) is 0.175. The lowest BCUT2D eigenvalue weighted by atomic mass is 9.95. The Morgan fingerprint density at radius 3 is 1.46 bits per heavy atom. The molecule has 0 amide bonds. The van der Waals surface area contributed by atoms with E-state index in [2.05, 4.69) is 97.1 Å². The second-order valence-corrected chi connectivity index (χ2v) is 14.3. The molecule has 0 aliphatic heterocycles. The van der Waals surface area contributed by atoms with Crippen LogP contribution in [0.5, 0.6) is 0 Å². The first-order valence-corrected chi connectivity index (χ1v) is 18.9. The topological polar surface area (TPSA) is 78.1 Å². The van der Waals surface area contributed by atoms with Gasteiger partial charge in [-0.1, -0.05) is 121 Å². The van der Waals surface area contributed by atoms with Gasteiger partial charge in [-0.2, -0.15) is 0 Å². The third-order valence-electron chi connectivity index (χ3n) is 11.0. The van der Waals surface area contributed by atoms with Crippen molar-refractivity contribution in [3.05, 3.63) is 176 Å². The predicted molar refractivity (Wildman–Crippen MR) is 229 cm³/mol. The molecular formula is C51H29N3O3. The van der Waals surface area contributed by atoms with E-state index in [1.54, 1.807) is 0 Å². The van der Waals surface area contributed by atoms with Crippen LogP contribution in [0.2, 0.25) is 0 Å². The number of benzene rings is 8. The van der Waals surface area contributed by atoms with Crippen molar-refractivity contribution in [1.82, 2.24) is 15.0 Å². The summed E-state index contributed by atoms with van der Waals surface area (Å²) in [5.41, 5.74) is 12.1. The summed E-state index contributed by atoms with van der Waals surface area (Å²) < 4.78 is 18.6. The Labute approximate surface area is 325 Å². The lowest BCUT2D eigenvalue weighted by molar-refractivity contribution is 0.668. The zero-order valence-corrected chi connectivity index (χ0v) is 30.3. The summed E-state index contributed by atoms with van der Waals surface area (Å²) >= 11 is 0. The van der Waals surface area contributed by atoms with Crippen LogP contribution in [0.15, 0.2) is 189 Å². The van der Waals surface area contributed by atoms with Crippen molar-refractivity contribution in [2.75, 3.05) is 0 Å². The SMILES string of the molecule is c1cc(-c2ccc(-c3nc(-c4ccc5oc6ccccc6c5c4)nc(-c4cccc5oc6ccccc6c45)n3)cc2)cc(-c2cccc3oc4ccccc4c23)c1. The van der Waals surface area contributed by atoms with Gasteiger partial charge in [0.15, 0.2) is 17.5 Å². The van der Waals surface area contributed by atoms with Gasteiger partial charge in [0.05, 0.1) is 0 Å². The van der Waals surface area contributed by atoms with Crippen molar-refractivity contribution < 1.29 is 13.3 Å². The summed E-state index contributed by atoms with van der Waals surface area (Å²) in [7, 11) is 0. The molecule has 0 saturated heterocycles. The minimum absolute atomic E-state index is 0.571. The van der Waals surface area contributed by atoms with Gasteiger partial charge in [-0.25, -0.2) is 15.0 Å². The zero-order valence-electron chi connectivity index (χ0n) is 30.3. The molecule has 6 nitrogen and oxygen atoms in total. The molecule has 0 unspecified atom stereocenters. The summed E-state index contributed by atoms with van der Waals surface area (Å²) in [6, 6.07) is 60.0. The highest BCUT2D eigenvalue weighted by Gasteiger charge is 2.19. The van der Waals surface area contributed by atoms with Gasteiger partial charge in [-0.05, 0) is 76.9 Å². The average Bonchev–Trinajstić information content (AvgIpc) is 3.97. The van der Waals surface area contributed by atoms with Gasteiger partial charge in [-0.15, -0.1) is 0 Å². The maximum absolute atomic E-state index is 6.27. The highest BCUT2D eigenvalue weighted by Crippen LogP contribution is 2.40. The van der Waals surface area contributed by atoms with E-state index >= 15 is 0 Å². The molecule has 6 heteroatoms. The van der Waals surface area contributed by atoms with Crippen molar-refractivity contribution >= 4 is 65.8 Å². The molecule has 57 heavy (non-hydrogen) atoms. The molecule has 0 saturated carbocycles. The van der Waals surface area contributed by atoms with Gasteiger partial charge in [0.2, 0.25) is 0 Å². The minimum Gasteiger partial charge on any atom is -0.456 e. The van der Waals surface area contributed by atoms with Crippen LogP contribution < -0.4 is 0 Å². The number of nitrogens with zero attached hydrogens (tertiary/aromatic N) is 3. The fraction of sp³-hybridized carbons (Fsp3) is 0. The lowest BCUT2D eigenvalue weighted by Gasteiger charge is -2.11. The lowest BCUT2D eigenvalue weighted by Crippen LogP contribution is -2.00. The highest BCUT2D eigenvalue weighted by atomic mass is 16.3. The van der Waals surface area contributed by atoms with Gasteiger partial charge in [0, 0.05) is 49.0 Å². The summed E-state index contributed by atoms with van der Waals surface area (Å²) in [6.07, 6.45) is 0. The van der Waals surface area contributed by atoms with E-state index in [0.717, 1.165) is 105 Å². The Morgan fingerprint density at radius 1 is 0.263 bits per heavy atom. The van der Waals surface area contributed by atoms with Crippen LogP contribution in [0.4, 0.5) is 0 Å². The molecule has 0 radical (unpaired) electrons. The molecule has 266 valence electrons. The molecule has 4 aromatic heterocycles. The zero-order chi connectivity index (χ0) is 37.5. The number of fused-ring (bicyclic) bond motifs is 9. The number of furan rings is 3. The van der Waals surface area contributed by atoms with Crippen LogP contribution in [0.1, 0.15) is 0 Å². The third-order valence-corrected chi connectivity index (χ3v) is 11.0. The van der Waals surface area contributed by atoms with Crippen molar-refractivity contribution in [3.63, 3.8) is 0 Å². The molecule has 0 aliphatic rings. The number of hydrogen-bond acceptors (Lipinski definition) is 6. The van der Waals surface area contributed by atoms with E-state index in [-0.39, 0.29) is 0 Å². The van der Waals surface area contributed by atoms with Gasteiger partial charge in [0.25, 0.3) is 0 Å². The maximum atomic E-state index is 6.27. The molecule has 0 N–H and O–H groups in total. The number of hydrogen-bond donors (Lipinski definition) is 0. The maximum Gasteiger partial charge on any atom is 0.164 e. The predicted octanol–water partition coefficient (Wildman–Crippen LogP) is 13.9. The van der Waals surface area contributed by atoms with Crippen molar-refractivity contribution in [2.24, 2.45) is 0 Å². The molecular weight excluding hydrogens is 703 g/mol. The van der Waals surface area contributed by atoms with Gasteiger partial charge < -0.3 is 13.3 Å². The Hall–Kier alpha value is -7.83. The molecule has 0 bridgehead atoms. The third kappa shape index (κ3) is 5.08. The van der Waals surface area contributed by atoms with Gasteiger partial charge in [0.1, 0.15) is 33.5 Å². The molecule has 0 spiro atoms. The Balaban J connectivity index is 0.988. The van der Waals surface area contributed by atoms with E-state index in [0.29, 0.717) is 17.5 Å². The molecule has 8 aromatic carbocycles. The molecule has 4 heterocycles. The molecule has 12 aromatic rings. The summed E-state index contributed by atoms with van der Waals surface area (Å²) in [5.74, 6) is 1.72. The van der Waals surface area contributed by atoms with Crippen LogP contribution in [-0.2, 0) is 0 Å². The normalized spacial score (nSPS) is 11.9. The minimum atomic E-state index is 0.571. The van der Waals surface area contributed by atoms with E-state index in [1.807, 2.05) is 78.9 Å². The Kier molecular flexibility index (Phi) is 6.83. The average molecular weight is 732 g/mol. The fourth-order valence-corrected chi connectivity index (χ4v) is 8.27. The van der Waals surface area contributed by atoms with Crippen LogP contribution in [0.3, 0.4) is 0 Å². The molecule has 0 atom stereocenters. The molecule has 12 rings (SSSR count). The van der Waals surface area contributed by atoms with Crippen molar-refractivity contribution in [1.29, 1.82) is 0 Å². The molecule has 0 aliphatic carbocycles. The van der Waals surface area contributed by atoms with Crippen LogP contribution >= 0.6 is 0 Å². The van der Waals surface area contributed by atoms with Crippen molar-refractivity contribution in [3.8, 4) is 56.4 Å². The van der Waals surface area contributed by atoms with Gasteiger partial charge >= 0.3 is 0 Å². The van der Waals surface area contributed by atoms with E-state index in [1.165, 1.54) is 0 Å². The Bertz CT molecular complexity index is 3540. The van der Waals surface area contributed by atoms with Crippen LogP contribution in [0.25, 0.3) is 122 Å². The van der Waals surface area contributed by atoms with Crippen LogP contribution in [0, 0.1) is 0 Å². The highest BCUT2D eigenvalue weighted by molar-refractivity contribution is 6.13. The van der Waals surface area contributed by atoms with Gasteiger partial charge in [-0.3, -0.25) is 0 Å². The van der Waals surface area contributed by atoms with E-state index in [4.69, 9.17) is 28.2 Å². The smallest absolute Gasteiger partial charge is 0.164 e. The molecule has 0 fully saturated rings. The Morgan fingerprint density at radius 2 is 0.737 bits per heavy atom. The second kappa shape index (κ2) is 12.3. The van der Waals surface area contributed by atoms with Crippen molar-refractivity contribution in [2.45, 2.75) is 0 Å².